The number of benzene rings is 1. The van der Waals surface area contributed by atoms with Crippen LogP contribution < -0.4 is 10.6 Å². The van der Waals surface area contributed by atoms with E-state index in [1.807, 2.05) is 5.38 Å². The Kier molecular flexibility index (Phi) is 5.08. The lowest BCUT2D eigenvalue weighted by Gasteiger charge is -2.12. The molecule has 8 heteroatoms. The van der Waals surface area contributed by atoms with Crippen LogP contribution in [-0.4, -0.2) is 22.6 Å². The van der Waals surface area contributed by atoms with E-state index in [-0.39, 0.29) is 12.2 Å². The minimum absolute atomic E-state index is 0.0521. The van der Waals surface area contributed by atoms with Crippen LogP contribution in [0.5, 0.6) is 0 Å². The van der Waals surface area contributed by atoms with Crippen molar-refractivity contribution in [2.45, 2.75) is 13.0 Å². The van der Waals surface area contributed by atoms with Gasteiger partial charge in [-0.05, 0) is 35.4 Å². The summed E-state index contributed by atoms with van der Waals surface area (Å²) in [6.45, 7) is 1.62. The van der Waals surface area contributed by atoms with E-state index in [0.29, 0.717) is 11.3 Å². The number of nitrogens with zero attached hydrogens (tertiary/aromatic N) is 1. The van der Waals surface area contributed by atoms with E-state index in [4.69, 9.17) is 0 Å². The maximum absolute atomic E-state index is 11.8. The summed E-state index contributed by atoms with van der Waals surface area (Å²) >= 11 is 1.46. The number of urea groups is 1. The van der Waals surface area contributed by atoms with Crippen molar-refractivity contribution in [3.63, 3.8) is 0 Å². The van der Waals surface area contributed by atoms with Gasteiger partial charge in [0.1, 0.15) is 0 Å². The average molecular weight is 321 g/mol. The largest absolute Gasteiger partial charge is 0.387 e. The zero-order chi connectivity index (χ0) is 16.1. The van der Waals surface area contributed by atoms with Gasteiger partial charge in [0.2, 0.25) is 0 Å². The Hall–Kier alpha value is -2.45. The number of anilines is 1. The van der Waals surface area contributed by atoms with Crippen LogP contribution in [0, 0.1) is 17.0 Å². The maximum atomic E-state index is 11.8. The lowest BCUT2D eigenvalue weighted by molar-refractivity contribution is -0.385. The van der Waals surface area contributed by atoms with Gasteiger partial charge in [0.25, 0.3) is 5.69 Å². The quantitative estimate of drug-likeness (QED) is 0.581. The van der Waals surface area contributed by atoms with Crippen LogP contribution in [0.1, 0.15) is 17.2 Å². The fraction of sp³-hybridized carbons (Fsp3) is 0.214. The van der Waals surface area contributed by atoms with Crippen molar-refractivity contribution >= 4 is 28.7 Å². The molecule has 116 valence electrons. The molecule has 0 saturated heterocycles. The van der Waals surface area contributed by atoms with Crippen LogP contribution >= 0.6 is 11.3 Å². The highest BCUT2D eigenvalue weighted by Crippen LogP contribution is 2.24. The number of carbonyl (C=O) groups excluding carboxylic acids is 1. The van der Waals surface area contributed by atoms with Gasteiger partial charge in [0.15, 0.2) is 0 Å². The number of rotatable bonds is 5. The molecule has 0 saturated carbocycles. The fourth-order valence-corrected chi connectivity index (χ4v) is 2.60. The smallest absolute Gasteiger partial charge is 0.319 e. The summed E-state index contributed by atoms with van der Waals surface area (Å²) < 4.78 is 0. The third-order valence-electron chi connectivity index (χ3n) is 3.13. The fourth-order valence-electron chi connectivity index (χ4n) is 1.89. The van der Waals surface area contributed by atoms with E-state index in [1.165, 1.54) is 23.5 Å². The summed E-state index contributed by atoms with van der Waals surface area (Å²) in [6.07, 6.45) is -0.789. The molecule has 2 rings (SSSR count). The molecule has 1 aromatic heterocycles. The number of nitrogens with one attached hydrogen (secondary N) is 2. The molecule has 0 aliphatic heterocycles. The molecule has 1 aromatic carbocycles. The molecule has 7 nitrogen and oxygen atoms in total. The highest BCUT2D eigenvalue weighted by molar-refractivity contribution is 7.07. The molecule has 1 heterocycles. The number of nitro groups is 1. The van der Waals surface area contributed by atoms with Crippen molar-refractivity contribution in [2.24, 2.45) is 0 Å². The molecule has 2 amide bonds. The summed E-state index contributed by atoms with van der Waals surface area (Å²) in [5, 5.41) is 29.4. The number of carbonyl (C=O) groups is 1. The van der Waals surface area contributed by atoms with Crippen LogP contribution in [0.15, 0.2) is 35.0 Å². The van der Waals surface area contributed by atoms with Gasteiger partial charge in [-0.1, -0.05) is 6.07 Å². The van der Waals surface area contributed by atoms with E-state index in [0.717, 1.165) is 5.56 Å². The van der Waals surface area contributed by atoms with E-state index in [9.17, 15) is 20.0 Å². The SMILES string of the molecule is Cc1c(NC(=O)NCC(O)c2ccsc2)cccc1[N+](=O)[O-]. The Morgan fingerprint density at radius 2 is 2.23 bits per heavy atom. The lowest BCUT2D eigenvalue weighted by Crippen LogP contribution is -2.32. The summed E-state index contributed by atoms with van der Waals surface area (Å²) in [6, 6.07) is 5.70. The normalized spacial score (nSPS) is 11.7. The molecule has 1 atom stereocenters. The first-order chi connectivity index (χ1) is 10.5. The Morgan fingerprint density at radius 3 is 2.86 bits per heavy atom. The minimum Gasteiger partial charge on any atom is -0.387 e. The molecule has 0 fully saturated rings. The first-order valence-corrected chi connectivity index (χ1v) is 7.42. The number of thiophene rings is 1. The lowest BCUT2D eigenvalue weighted by atomic mass is 10.1. The van der Waals surface area contributed by atoms with Crippen LogP contribution in [0.2, 0.25) is 0 Å². The van der Waals surface area contributed by atoms with Crippen molar-refractivity contribution in [3.8, 4) is 0 Å². The molecular formula is C14H15N3O4S. The topological polar surface area (TPSA) is 104 Å². The van der Waals surface area contributed by atoms with Crippen LogP contribution in [0.25, 0.3) is 0 Å². The Labute approximate surface area is 130 Å². The first-order valence-electron chi connectivity index (χ1n) is 6.48. The molecular weight excluding hydrogens is 306 g/mol. The van der Waals surface area contributed by atoms with E-state index in [1.54, 1.807) is 24.4 Å². The third kappa shape index (κ3) is 3.80. The Morgan fingerprint density at radius 1 is 1.45 bits per heavy atom. The number of aliphatic hydroxyl groups is 1. The van der Waals surface area contributed by atoms with E-state index in [2.05, 4.69) is 10.6 Å². The highest BCUT2D eigenvalue weighted by atomic mass is 32.1. The van der Waals surface area contributed by atoms with Gasteiger partial charge < -0.3 is 15.7 Å². The molecule has 0 aliphatic rings. The second kappa shape index (κ2) is 7.01. The number of amides is 2. The van der Waals surface area contributed by atoms with Crippen molar-refractivity contribution < 1.29 is 14.8 Å². The second-order valence-corrected chi connectivity index (χ2v) is 5.39. The minimum atomic E-state index is -0.789. The second-order valence-electron chi connectivity index (χ2n) is 4.61. The Bertz CT molecular complexity index is 673. The number of hydrogen-bond donors (Lipinski definition) is 3. The summed E-state index contributed by atoms with van der Waals surface area (Å²) in [4.78, 5) is 22.2. The summed E-state index contributed by atoms with van der Waals surface area (Å²) in [5.41, 5.74) is 1.41. The van der Waals surface area contributed by atoms with Crippen LogP contribution in [0.4, 0.5) is 16.2 Å². The van der Waals surface area contributed by atoms with E-state index >= 15 is 0 Å². The summed E-state index contributed by atoms with van der Waals surface area (Å²) in [5.74, 6) is 0. The van der Waals surface area contributed by atoms with Gasteiger partial charge in [-0.25, -0.2) is 4.79 Å². The molecule has 0 spiro atoms. The maximum Gasteiger partial charge on any atom is 0.319 e. The number of nitro benzene ring substituents is 1. The average Bonchev–Trinajstić information content (AvgIpc) is 3.01. The van der Waals surface area contributed by atoms with Crippen molar-refractivity contribution in [3.05, 3.63) is 56.3 Å². The molecule has 3 N–H and O–H groups in total. The predicted octanol–water partition coefficient (Wildman–Crippen LogP) is 2.82. The Balaban J connectivity index is 1.95. The third-order valence-corrected chi connectivity index (χ3v) is 3.84. The van der Waals surface area contributed by atoms with Crippen LogP contribution in [-0.2, 0) is 0 Å². The predicted molar refractivity (Wildman–Crippen MR) is 84.1 cm³/mol. The van der Waals surface area contributed by atoms with Gasteiger partial charge in [-0.3, -0.25) is 10.1 Å². The van der Waals surface area contributed by atoms with Gasteiger partial charge in [0, 0.05) is 12.6 Å². The zero-order valence-corrected chi connectivity index (χ0v) is 12.6. The zero-order valence-electron chi connectivity index (χ0n) is 11.8. The first kappa shape index (κ1) is 15.9. The molecule has 22 heavy (non-hydrogen) atoms. The number of hydrogen-bond acceptors (Lipinski definition) is 5. The van der Waals surface area contributed by atoms with Gasteiger partial charge in [0.05, 0.1) is 22.3 Å². The molecule has 0 bridgehead atoms. The molecule has 1 unspecified atom stereocenters. The van der Waals surface area contributed by atoms with Crippen LogP contribution in [0.3, 0.4) is 0 Å². The standard InChI is InChI=1S/C14H15N3O4S/c1-9-11(3-2-4-12(9)17(20)21)16-14(19)15-7-13(18)10-5-6-22-8-10/h2-6,8,13,18H,7H2,1H3,(H2,15,16,19). The molecule has 0 aliphatic carbocycles. The van der Waals surface area contributed by atoms with E-state index < -0.39 is 17.1 Å². The molecule has 0 radical (unpaired) electrons. The summed E-state index contributed by atoms with van der Waals surface area (Å²) in [7, 11) is 0. The number of aliphatic hydroxyl groups excluding tert-OH is 1. The highest BCUT2D eigenvalue weighted by Gasteiger charge is 2.15. The van der Waals surface area contributed by atoms with Gasteiger partial charge in [-0.15, -0.1) is 0 Å². The van der Waals surface area contributed by atoms with Crippen molar-refractivity contribution in [1.29, 1.82) is 0 Å². The van der Waals surface area contributed by atoms with Gasteiger partial charge in [-0.2, -0.15) is 11.3 Å². The monoisotopic (exact) mass is 321 g/mol. The van der Waals surface area contributed by atoms with Crippen molar-refractivity contribution in [1.82, 2.24) is 5.32 Å². The van der Waals surface area contributed by atoms with Gasteiger partial charge >= 0.3 is 6.03 Å². The molecule has 2 aromatic rings. The van der Waals surface area contributed by atoms with Crippen molar-refractivity contribution in [2.75, 3.05) is 11.9 Å².